The van der Waals surface area contributed by atoms with Crippen molar-refractivity contribution in [1.82, 2.24) is 0 Å². The molecule has 0 spiro atoms. The number of benzene rings is 2. The Labute approximate surface area is 230 Å². The van der Waals surface area contributed by atoms with Crippen LogP contribution in [0.1, 0.15) is 56.9 Å². The molecule has 12 heteroatoms. The summed E-state index contributed by atoms with van der Waals surface area (Å²) in [5.41, 5.74) is 0.533. The highest BCUT2D eigenvalue weighted by atomic mass is 79.9. The number of nitrogens with zero attached hydrogens (tertiary/aromatic N) is 2. The highest BCUT2D eigenvalue weighted by molar-refractivity contribution is 9.10. The molecular weight excluding hydrogens is 576 g/mol. The van der Waals surface area contributed by atoms with Gasteiger partial charge in [-0.05, 0) is 59.5 Å². The lowest BCUT2D eigenvalue weighted by atomic mass is 9.73. The van der Waals surface area contributed by atoms with Gasteiger partial charge in [0.25, 0.3) is 5.69 Å². The van der Waals surface area contributed by atoms with Crippen molar-refractivity contribution in [2.75, 3.05) is 6.61 Å². The van der Waals surface area contributed by atoms with Crippen molar-refractivity contribution in [1.29, 1.82) is 0 Å². The second-order valence-corrected chi connectivity index (χ2v) is 10.1. The Balaban J connectivity index is 1.63. The minimum Gasteiger partial charge on any atom is -0.490 e. The second kappa shape index (κ2) is 10.6. The number of non-ortho nitro benzene ring substituents is 1. The van der Waals surface area contributed by atoms with Gasteiger partial charge in [0.1, 0.15) is 11.5 Å². The van der Waals surface area contributed by atoms with E-state index >= 15 is 0 Å². The fourth-order valence-electron chi connectivity index (χ4n) is 5.23. The van der Waals surface area contributed by atoms with E-state index in [0.29, 0.717) is 71.2 Å². The van der Waals surface area contributed by atoms with Gasteiger partial charge in [-0.15, -0.1) is 0 Å². The Morgan fingerprint density at radius 2 is 1.56 bits per heavy atom. The molecule has 0 N–H and O–H groups in total. The van der Waals surface area contributed by atoms with Crippen molar-refractivity contribution in [3.63, 3.8) is 0 Å². The third-order valence-corrected chi connectivity index (χ3v) is 7.46. The van der Waals surface area contributed by atoms with Crippen LogP contribution in [-0.4, -0.2) is 28.0 Å². The van der Waals surface area contributed by atoms with E-state index in [1.807, 2.05) is 0 Å². The summed E-state index contributed by atoms with van der Waals surface area (Å²) in [6.07, 6.45) is 3.28. The van der Waals surface area contributed by atoms with Crippen LogP contribution in [0.15, 0.2) is 57.5 Å². The summed E-state index contributed by atoms with van der Waals surface area (Å²) >= 11 is 3.48. The summed E-state index contributed by atoms with van der Waals surface area (Å²) in [4.78, 5) is 47.5. The first-order valence-electron chi connectivity index (χ1n) is 12.5. The summed E-state index contributed by atoms with van der Waals surface area (Å²) < 4.78 is 18.2. The number of ether oxygens (including phenoxy) is 3. The van der Waals surface area contributed by atoms with Gasteiger partial charge in [-0.25, -0.2) is 0 Å². The monoisotopic (exact) mass is 598 g/mol. The summed E-state index contributed by atoms with van der Waals surface area (Å²) in [5, 5.41) is 22.8. The van der Waals surface area contributed by atoms with Gasteiger partial charge in [0.05, 0.1) is 27.0 Å². The van der Waals surface area contributed by atoms with E-state index in [4.69, 9.17) is 14.2 Å². The molecule has 3 aliphatic rings. The molecule has 1 aliphatic heterocycles. The van der Waals surface area contributed by atoms with Crippen LogP contribution >= 0.6 is 15.9 Å². The molecule has 0 atom stereocenters. The first-order valence-corrected chi connectivity index (χ1v) is 13.3. The maximum Gasteiger partial charge on any atom is 0.318 e. The van der Waals surface area contributed by atoms with Gasteiger partial charge in [0.15, 0.2) is 23.1 Å². The average Bonchev–Trinajstić information content (AvgIpc) is 2.89. The number of halogens is 1. The predicted octanol–water partition coefficient (Wildman–Crippen LogP) is 6.58. The highest BCUT2D eigenvalue weighted by Gasteiger charge is 2.42. The minimum absolute atomic E-state index is 0.0675. The van der Waals surface area contributed by atoms with Gasteiger partial charge in [0.2, 0.25) is 5.75 Å². The first-order chi connectivity index (χ1) is 18.7. The summed E-state index contributed by atoms with van der Waals surface area (Å²) in [5.74, 6) is 0.536. The maximum absolute atomic E-state index is 13.1. The Bertz CT molecular complexity index is 1450. The molecule has 0 amide bonds. The number of rotatable bonds is 7. The van der Waals surface area contributed by atoms with E-state index in [1.165, 1.54) is 0 Å². The maximum atomic E-state index is 13.1. The van der Waals surface area contributed by atoms with E-state index in [9.17, 15) is 29.8 Å². The zero-order valence-corrected chi connectivity index (χ0v) is 22.4. The topological polar surface area (TPSA) is 148 Å². The second-order valence-electron chi connectivity index (χ2n) is 9.29. The molecule has 39 heavy (non-hydrogen) atoms. The van der Waals surface area contributed by atoms with Gasteiger partial charge >= 0.3 is 5.69 Å². The highest BCUT2D eigenvalue weighted by Crippen LogP contribution is 2.51. The van der Waals surface area contributed by atoms with Crippen LogP contribution in [0.3, 0.4) is 0 Å². The van der Waals surface area contributed by atoms with E-state index in [0.717, 1.165) is 18.2 Å². The molecule has 0 radical (unpaired) electrons. The van der Waals surface area contributed by atoms with E-state index < -0.39 is 27.1 Å². The van der Waals surface area contributed by atoms with Crippen LogP contribution in [0.5, 0.6) is 17.2 Å². The molecule has 0 bridgehead atoms. The third kappa shape index (κ3) is 4.91. The number of hydrogen-bond donors (Lipinski definition) is 0. The van der Waals surface area contributed by atoms with Crippen molar-refractivity contribution < 1.29 is 33.6 Å². The number of carbonyl (C=O) groups excluding carboxylic acids is 2. The Morgan fingerprint density at radius 3 is 2.13 bits per heavy atom. The van der Waals surface area contributed by atoms with Gasteiger partial charge < -0.3 is 14.2 Å². The number of nitro groups is 2. The van der Waals surface area contributed by atoms with Crippen LogP contribution in [0.4, 0.5) is 11.4 Å². The number of allylic oxidation sites excluding steroid dienone is 4. The Hall–Kier alpha value is -4.06. The van der Waals surface area contributed by atoms with Gasteiger partial charge in [-0.2, -0.15) is 0 Å². The molecule has 0 saturated carbocycles. The van der Waals surface area contributed by atoms with Gasteiger partial charge in [-0.3, -0.25) is 29.8 Å². The van der Waals surface area contributed by atoms with E-state index in [2.05, 4.69) is 15.9 Å². The molecule has 2 aromatic carbocycles. The van der Waals surface area contributed by atoms with Gasteiger partial charge in [0, 0.05) is 48.8 Å². The molecule has 1 heterocycles. The smallest absolute Gasteiger partial charge is 0.318 e. The fourth-order valence-corrected chi connectivity index (χ4v) is 5.77. The number of hydrogen-bond acceptors (Lipinski definition) is 9. The first kappa shape index (κ1) is 26.5. The number of Topliss-reactive ketones (excluding diaryl/α,β-unsaturated/α-hetero) is 2. The zero-order valence-electron chi connectivity index (χ0n) is 20.9. The largest absolute Gasteiger partial charge is 0.490 e. The van der Waals surface area contributed by atoms with Crippen molar-refractivity contribution in [2.24, 2.45) is 0 Å². The standard InChI is InChI=1S/C27H23BrN2O9/c1-2-37-23-12-14(11-16(28)27(23)39-20-10-9-15(29(33)34)13-17(20)30(35)36)24-25-18(31)5-3-7-21(25)38-22-8-4-6-19(32)26(22)24/h9-13,24H,2-8H2,1H3. The molecule has 2 aliphatic carbocycles. The quantitative estimate of drug-likeness (QED) is 0.254. The molecule has 0 aromatic heterocycles. The molecule has 11 nitrogen and oxygen atoms in total. The normalized spacial score (nSPS) is 17.4. The van der Waals surface area contributed by atoms with E-state index in [-0.39, 0.29) is 35.4 Å². The zero-order chi connectivity index (χ0) is 27.8. The van der Waals surface area contributed by atoms with Crippen LogP contribution in [0, 0.1) is 20.2 Å². The van der Waals surface area contributed by atoms with Gasteiger partial charge in [-0.1, -0.05) is 0 Å². The summed E-state index contributed by atoms with van der Waals surface area (Å²) in [6, 6.07) is 6.45. The lowest BCUT2D eigenvalue weighted by molar-refractivity contribution is -0.394. The molecule has 0 fully saturated rings. The summed E-state index contributed by atoms with van der Waals surface area (Å²) in [7, 11) is 0. The van der Waals surface area contributed by atoms with E-state index in [1.54, 1.807) is 19.1 Å². The van der Waals surface area contributed by atoms with Crippen molar-refractivity contribution in [2.45, 2.75) is 51.4 Å². The van der Waals surface area contributed by atoms with Crippen molar-refractivity contribution in [3.05, 3.63) is 83.3 Å². The SMILES string of the molecule is CCOc1cc(C2C3=C(CCCC3=O)OC3=C2C(=O)CCC3)cc(Br)c1Oc1ccc([N+](=O)[O-])cc1[N+](=O)[O-]. The lowest BCUT2D eigenvalue weighted by Crippen LogP contribution is -2.30. The van der Waals surface area contributed by atoms with Crippen LogP contribution < -0.4 is 9.47 Å². The molecular formula is C27H23BrN2O9. The molecule has 5 rings (SSSR count). The lowest BCUT2D eigenvalue weighted by Gasteiger charge is -2.36. The number of carbonyl (C=O) groups is 2. The Morgan fingerprint density at radius 1 is 0.923 bits per heavy atom. The molecule has 202 valence electrons. The number of ketones is 2. The number of nitro benzene ring substituents is 2. The fraction of sp³-hybridized carbons (Fsp3) is 0.333. The average molecular weight is 599 g/mol. The van der Waals surface area contributed by atoms with Crippen molar-refractivity contribution >= 4 is 38.9 Å². The van der Waals surface area contributed by atoms with Crippen LogP contribution in [0.2, 0.25) is 0 Å². The summed E-state index contributed by atoms with van der Waals surface area (Å²) in [6.45, 7) is 1.98. The molecule has 2 aromatic rings. The van der Waals surface area contributed by atoms with Crippen molar-refractivity contribution in [3.8, 4) is 17.2 Å². The Kier molecular flexibility index (Phi) is 7.21. The molecule has 0 unspecified atom stereocenters. The molecule has 0 saturated heterocycles. The minimum atomic E-state index is -0.766. The van der Waals surface area contributed by atoms with Crippen LogP contribution in [-0.2, 0) is 14.3 Å². The van der Waals surface area contributed by atoms with Crippen LogP contribution in [0.25, 0.3) is 0 Å². The third-order valence-electron chi connectivity index (χ3n) is 6.87. The predicted molar refractivity (Wildman–Crippen MR) is 141 cm³/mol.